The third-order valence-electron chi connectivity index (χ3n) is 2.41. The highest BCUT2D eigenvalue weighted by atomic mass is 16.6. The molecule has 82 valence electrons. The fourth-order valence-corrected chi connectivity index (χ4v) is 1.71. The van der Waals surface area contributed by atoms with Crippen LogP contribution in [-0.4, -0.2) is 9.49 Å². The molecule has 0 aliphatic rings. The highest BCUT2D eigenvalue weighted by Crippen LogP contribution is 2.22. The maximum absolute atomic E-state index is 10.7. The maximum Gasteiger partial charge on any atom is 0.271 e. The Hall–Kier alpha value is -2.10. The Balaban J connectivity index is 2.55. The largest absolute Gasteiger partial charge is 0.343 e. The zero-order chi connectivity index (χ0) is 11.7. The highest BCUT2D eigenvalue weighted by molar-refractivity contribution is 5.82. The van der Waals surface area contributed by atoms with Crippen LogP contribution in [0.2, 0.25) is 0 Å². The minimum absolute atomic E-state index is 0.120. The number of nitrogens with zero attached hydrogens (tertiary/aromatic N) is 2. The second-order valence-electron chi connectivity index (χ2n) is 3.90. The first kappa shape index (κ1) is 10.4. The Morgan fingerprint density at radius 1 is 1.50 bits per heavy atom. The summed E-state index contributed by atoms with van der Waals surface area (Å²) < 4.78 is 1.96. The van der Waals surface area contributed by atoms with E-state index in [0.717, 1.165) is 16.5 Å². The van der Waals surface area contributed by atoms with E-state index in [4.69, 9.17) is 0 Å². The van der Waals surface area contributed by atoms with Gasteiger partial charge in [-0.15, -0.1) is 0 Å². The van der Waals surface area contributed by atoms with Gasteiger partial charge in [0.2, 0.25) is 0 Å². The summed E-state index contributed by atoms with van der Waals surface area (Å²) in [6, 6.07) is 6.83. The van der Waals surface area contributed by atoms with Crippen molar-refractivity contribution in [2.24, 2.45) is 0 Å². The van der Waals surface area contributed by atoms with Crippen molar-refractivity contribution in [3.63, 3.8) is 0 Å². The third-order valence-corrected chi connectivity index (χ3v) is 2.41. The molecule has 0 atom stereocenters. The standard InChI is InChI=1S/C12H12N2O2/c1-9(2)8-13-6-5-10-3-4-11(14(15)16)7-12(10)13/h3-7H,1,8H2,2H3. The Labute approximate surface area is 93.0 Å². The molecule has 1 aromatic heterocycles. The topological polar surface area (TPSA) is 48.1 Å². The maximum atomic E-state index is 10.7. The number of nitro benzene ring substituents is 1. The molecule has 0 unspecified atom stereocenters. The molecule has 0 fully saturated rings. The van der Waals surface area contributed by atoms with Gasteiger partial charge in [-0.1, -0.05) is 12.2 Å². The normalized spacial score (nSPS) is 10.6. The number of aromatic nitrogens is 1. The zero-order valence-corrected chi connectivity index (χ0v) is 9.01. The van der Waals surface area contributed by atoms with E-state index in [2.05, 4.69) is 6.58 Å². The molecular weight excluding hydrogens is 204 g/mol. The van der Waals surface area contributed by atoms with E-state index in [0.29, 0.717) is 6.54 Å². The first-order valence-corrected chi connectivity index (χ1v) is 4.95. The molecule has 0 aliphatic carbocycles. The summed E-state index contributed by atoms with van der Waals surface area (Å²) in [5.41, 5.74) is 2.01. The molecule has 1 heterocycles. The molecule has 0 spiro atoms. The predicted octanol–water partition coefficient (Wildman–Crippen LogP) is 3.13. The second-order valence-corrected chi connectivity index (χ2v) is 3.90. The fourth-order valence-electron chi connectivity index (χ4n) is 1.71. The summed E-state index contributed by atoms with van der Waals surface area (Å²) in [5.74, 6) is 0. The molecule has 16 heavy (non-hydrogen) atoms. The van der Waals surface area contributed by atoms with Crippen molar-refractivity contribution in [2.75, 3.05) is 0 Å². The number of allylic oxidation sites excluding steroid dienone is 1. The Morgan fingerprint density at radius 2 is 2.25 bits per heavy atom. The molecule has 4 nitrogen and oxygen atoms in total. The lowest BCUT2D eigenvalue weighted by Crippen LogP contribution is -1.96. The van der Waals surface area contributed by atoms with Gasteiger partial charge in [0.25, 0.3) is 5.69 Å². The lowest BCUT2D eigenvalue weighted by molar-refractivity contribution is -0.384. The smallest absolute Gasteiger partial charge is 0.271 e. The van der Waals surface area contributed by atoms with E-state index in [9.17, 15) is 10.1 Å². The molecule has 0 radical (unpaired) electrons. The number of non-ortho nitro benzene ring substituents is 1. The SMILES string of the molecule is C=C(C)Cn1ccc2ccc([N+](=O)[O-])cc21. The van der Waals surface area contributed by atoms with Gasteiger partial charge in [0.15, 0.2) is 0 Å². The van der Waals surface area contributed by atoms with Gasteiger partial charge < -0.3 is 4.57 Å². The summed E-state index contributed by atoms with van der Waals surface area (Å²) in [6.07, 6.45) is 1.92. The summed E-state index contributed by atoms with van der Waals surface area (Å²) in [7, 11) is 0. The molecule has 0 bridgehead atoms. The van der Waals surface area contributed by atoms with Crippen LogP contribution in [0.4, 0.5) is 5.69 Å². The predicted molar refractivity (Wildman–Crippen MR) is 63.4 cm³/mol. The van der Waals surface area contributed by atoms with Crippen LogP contribution >= 0.6 is 0 Å². The summed E-state index contributed by atoms with van der Waals surface area (Å²) in [4.78, 5) is 10.3. The quantitative estimate of drug-likeness (QED) is 0.449. The molecular formula is C12H12N2O2. The lowest BCUT2D eigenvalue weighted by Gasteiger charge is -2.04. The van der Waals surface area contributed by atoms with Crippen molar-refractivity contribution in [2.45, 2.75) is 13.5 Å². The van der Waals surface area contributed by atoms with E-state index in [1.54, 1.807) is 12.1 Å². The second kappa shape index (κ2) is 3.81. The Kier molecular flexibility index (Phi) is 2.48. The highest BCUT2D eigenvalue weighted by Gasteiger charge is 2.08. The van der Waals surface area contributed by atoms with Crippen molar-refractivity contribution >= 4 is 16.6 Å². The van der Waals surface area contributed by atoms with Gasteiger partial charge >= 0.3 is 0 Å². The van der Waals surface area contributed by atoms with Crippen LogP contribution in [0.25, 0.3) is 10.9 Å². The number of hydrogen-bond donors (Lipinski definition) is 0. The van der Waals surface area contributed by atoms with E-state index in [-0.39, 0.29) is 10.6 Å². The van der Waals surface area contributed by atoms with Crippen molar-refractivity contribution in [3.8, 4) is 0 Å². The zero-order valence-electron chi connectivity index (χ0n) is 9.01. The first-order chi connectivity index (χ1) is 7.58. The first-order valence-electron chi connectivity index (χ1n) is 4.95. The van der Waals surface area contributed by atoms with Gasteiger partial charge in [-0.2, -0.15) is 0 Å². The fraction of sp³-hybridized carbons (Fsp3) is 0.167. The van der Waals surface area contributed by atoms with Gasteiger partial charge in [0.05, 0.1) is 10.4 Å². The molecule has 2 rings (SSSR count). The number of rotatable bonds is 3. The van der Waals surface area contributed by atoms with Crippen LogP contribution in [0.5, 0.6) is 0 Å². The van der Waals surface area contributed by atoms with Gasteiger partial charge in [-0.05, 0) is 19.1 Å². The average molecular weight is 216 g/mol. The minimum atomic E-state index is -0.377. The van der Waals surface area contributed by atoms with Crippen molar-refractivity contribution in [1.29, 1.82) is 0 Å². The van der Waals surface area contributed by atoms with Gasteiger partial charge in [-0.3, -0.25) is 10.1 Å². The summed E-state index contributed by atoms with van der Waals surface area (Å²) in [6.45, 7) is 6.46. The molecule has 0 aliphatic heterocycles. The van der Waals surface area contributed by atoms with Crippen molar-refractivity contribution in [1.82, 2.24) is 4.57 Å². The van der Waals surface area contributed by atoms with Gasteiger partial charge in [0.1, 0.15) is 0 Å². The van der Waals surface area contributed by atoms with Gasteiger partial charge in [0, 0.05) is 30.3 Å². The average Bonchev–Trinajstić information content (AvgIpc) is 2.60. The van der Waals surface area contributed by atoms with Crippen LogP contribution in [0, 0.1) is 10.1 Å². The molecule has 2 aromatic rings. The number of fused-ring (bicyclic) bond motifs is 1. The van der Waals surface area contributed by atoms with Gasteiger partial charge in [-0.25, -0.2) is 0 Å². The van der Waals surface area contributed by atoms with Crippen LogP contribution in [0.15, 0.2) is 42.6 Å². The molecule has 0 N–H and O–H groups in total. The van der Waals surface area contributed by atoms with Crippen LogP contribution in [0.3, 0.4) is 0 Å². The van der Waals surface area contributed by atoms with Crippen LogP contribution in [0.1, 0.15) is 6.92 Å². The molecule has 0 saturated carbocycles. The number of hydrogen-bond acceptors (Lipinski definition) is 2. The molecule has 4 heteroatoms. The number of nitro groups is 1. The number of benzene rings is 1. The molecule has 0 amide bonds. The Bertz CT molecular complexity index is 569. The van der Waals surface area contributed by atoms with Crippen LogP contribution in [-0.2, 0) is 6.54 Å². The molecule has 0 saturated heterocycles. The monoisotopic (exact) mass is 216 g/mol. The molecule has 1 aromatic carbocycles. The van der Waals surface area contributed by atoms with E-state index >= 15 is 0 Å². The Morgan fingerprint density at radius 3 is 2.88 bits per heavy atom. The van der Waals surface area contributed by atoms with E-state index in [1.165, 1.54) is 6.07 Å². The summed E-state index contributed by atoms with van der Waals surface area (Å²) >= 11 is 0. The minimum Gasteiger partial charge on any atom is -0.343 e. The third kappa shape index (κ3) is 1.82. The van der Waals surface area contributed by atoms with E-state index in [1.807, 2.05) is 23.8 Å². The van der Waals surface area contributed by atoms with E-state index < -0.39 is 0 Å². The lowest BCUT2D eigenvalue weighted by atomic mass is 10.2. The van der Waals surface area contributed by atoms with Crippen molar-refractivity contribution in [3.05, 3.63) is 52.7 Å². The van der Waals surface area contributed by atoms with Crippen LogP contribution < -0.4 is 0 Å². The van der Waals surface area contributed by atoms with Crippen molar-refractivity contribution < 1.29 is 4.92 Å². The summed E-state index contributed by atoms with van der Waals surface area (Å²) in [5, 5.41) is 11.7.